The summed E-state index contributed by atoms with van der Waals surface area (Å²) in [4.78, 5) is 6.67. The highest BCUT2D eigenvalue weighted by atomic mass is 32.2. The summed E-state index contributed by atoms with van der Waals surface area (Å²) in [5.74, 6) is 4.40. The van der Waals surface area contributed by atoms with Crippen LogP contribution in [0.1, 0.15) is 17.6 Å². The third-order valence-electron chi connectivity index (χ3n) is 2.40. The highest BCUT2D eigenvalue weighted by molar-refractivity contribution is 7.98. The minimum absolute atomic E-state index is 0.148. The van der Waals surface area contributed by atoms with Gasteiger partial charge in [0.05, 0.1) is 11.9 Å². The van der Waals surface area contributed by atoms with Crippen molar-refractivity contribution in [3.05, 3.63) is 16.1 Å². The Morgan fingerprint density at radius 1 is 1.50 bits per heavy atom. The minimum Gasteiger partial charge on any atom is -0.354 e. The second kappa shape index (κ2) is 10.6. The maximum Gasteiger partial charge on any atom is 0.253 e. The second-order valence-electron chi connectivity index (χ2n) is 5.12. The standard InChI is InChI=1S/C14H23N5O2S3/c1-5-6-15-14(18-24(4,20)21)16-7-8-22-10-12-11-23-13(17-12)9-19(2)3/h11H,7-10H2,1-4H3,(H2,15,16,18). The van der Waals surface area contributed by atoms with E-state index in [9.17, 15) is 8.42 Å². The molecular formula is C14H23N5O2S3. The van der Waals surface area contributed by atoms with Crippen LogP contribution >= 0.6 is 23.1 Å². The van der Waals surface area contributed by atoms with Gasteiger partial charge in [0.25, 0.3) is 10.0 Å². The maximum atomic E-state index is 11.2. The summed E-state index contributed by atoms with van der Waals surface area (Å²) in [7, 11) is 0.573. The van der Waals surface area contributed by atoms with Gasteiger partial charge in [0.15, 0.2) is 0 Å². The molecule has 0 atom stereocenters. The highest BCUT2D eigenvalue weighted by Gasteiger charge is 2.05. The Labute approximate surface area is 152 Å². The lowest BCUT2D eigenvalue weighted by atomic mass is 10.5. The van der Waals surface area contributed by atoms with Crippen LogP contribution < -0.4 is 10.6 Å². The summed E-state index contributed by atoms with van der Waals surface area (Å²) < 4.78 is 26.0. The van der Waals surface area contributed by atoms with Crippen LogP contribution in [0.15, 0.2) is 9.78 Å². The topological polar surface area (TPSA) is 86.7 Å². The molecule has 1 rings (SSSR count). The van der Waals surface area contributed by atoms with Gasteiger partial charge in [-0.25, -0.2) is 13.4 Å². The molecule has 0 saturated heterocycles. The third kappa shape index (κ3) is 9.77. The second-order valence-corrected chi connectivity index (χ2v) is 8.82. The normalized spacial score (nSPS) is 12.0. The molecule has 0 radical (unpaired) electrons. The Bertz CT molecular complexity index is 701. The molecule has 0 aliphatic rings. The summed E-state index contributed by atoms with van der Waals surface area (Å²) in [5, 5.41) is 8.76. The summed E-state index contributed by atoms with van der Waals surface area (Å²) in [6.07, 6.45) is 1.04. The number of hydrogen-bond donors (Lipinski definition) is 2. The molecule has 0 aliphatic carbocycles. The fraction of sp³-hybridized carbons (Fsp3) is 0.571. The van der Waals surface area contributed by atoms with Crippen molar-refractivity contribution in [1.29, 1.82) is 0 Å². The number of thioether (sulfide) groups is 1. The van der Waals surface area contributed by atoms with Crippen molar-refractivity contribution in [3.8, 4) is 12.0 Å². The number of rotatable bonds is 8. The van der Waals surface area contributed by atoms with E-state index >= 15 is 0 Å². The molecule has 0 fully saturated rings. The average Bonchev–Trinajstić information content (AvgIpc) is 2.89. The molecule has 0 aromatic carbocycles. The first-order chi connectivity index (χ1) is 11.3. The molecule has 134 valence electrons. The van der Waals surface area contributed by atoms with Crippen molar-refractivity contribution in [2.75, 3.05) is 32.6 Å². The first-order valence-electron chi connectivity index (χ1n) is 7.17. The van der Waals surface area contributed by atoms with Gasteiger partial charge in [-0.3, -0.25) is 5.32 Å². The molecule has 7 nitrogen and oxygen atoms in total. The molecule has 1 aromatic heterocycles. The van der Waals surface area contributed by atoms with Gasteiger partial charge in [0.1, 0.15) is 5.01 Å². The Morgan fingerprint density at radius 3 is 2.88 bits per heavy atom. The number of aromatic nitrogens is 1. The van der Waals surface area contributed by atoms with E-state index in [0.717, 1.165) is 35.0 Å². The summed E-state index contributed by atoms with van der Waals surface area (Å²) in [5.41, 5.74) is 1.07. The minimum atomic E-state index is -3.47. The fourth-order valence-electron chi connectivity index (χ4n) is 1.56. The summed E-state index contributed by atoms with van der Waals surface area (Å²) in [6.45, 7) is 3.08. The van der Waals surface area contributed by atoms with Crippen molar-refractivity contribution >= 4 is 39.1 Å². The van der Waals surface area contributed by atoms with Gasteiger partial charge in [-0.15, -0.1) is 15.7 Å². The van der Waals surface area contributed by atoms with Crippen molar-refractivity contribution in [2.45, 2.75) is 19.2 Å². The van der Waals surface area contributed by atoms with Gasteiger partial charge in [-0.1, -0.05) is 5.92 Å². The van der Waals surface area contributed by atoms with Crippen molar-refractivity contribution in [1.82, 2.24) is 20.5 Å². The predicted molar refractivity (Wildman–Crippen MR) is 103 cm³/mol. The Balaban J connectivity index is 2.36. The van der Waals surface area contributed by atoms with E-state index in [1.807, 2.05) is 14.1 Å². The highest BCUT2D eigenvalue weighted by Crippen LogP contribution is 2.16. The lowest BCUT2D eigenvalue weighted by Crippen LogP contribution is -2.36. The molecular weight excluding hydrogens is 366 g/mol. The van der Waals surface area contributed by atoms with E-state index in [1.54, 1.807) is 30.0 Å². The van der Waals surface area contributed by atoms with E-state index < -0.39 is 10.0 Å². The SMILES string of the molecule is CC#CNC(=NS(C)(=O)=O)NCCSCc1csc(CN(C)C)n1. The zero-order valence-corrected chi connectivity index (χ0v) is 16.7. The maximum absolute atomic E-state index is 11.2. The van der Waals surface area contributed by atoms with E-state index in [2.05, 4.69) is 42.3 Å². The molecule has 24 heavy (non-hydrogen) atoms. The zero-order chi connectivity index (χ0) is 18.0. The molecule has 1 heterocycles. The van der Waals surface area contributed by atoms with Gasteiger partial charge in [-0.05, 0) is 21.0 Å². The summed E-state index contributed by atoms with van der Waals surface area (Å²) in [6, 6.07) is 2.58. The van der Waals surface area contributed by atoms with Crippen molar-refractivity contribution in [3.63, 3.8) is 0 Å². The Kier molecular flexibility index (Phi) is 9.13. The van der Waals surface area contributed by atoms with E-state index in [0.29, 0.717) is 6.54 Å². The fourth-order valence-corrected chi connectivity index (χ4v) is 3.77. The molecule has 10 heteroatoms. The lowest BCUT2D eigenvalue weighted by Gasteiger charge is -2.07. The average molecular weight is 390 g/mol. The lowest BCUT2D eigenvalue weighted by molar-refractivity contribution is 0.401. The van der Waals surface area contributed by atoms with Gasteiger partial charge >= 0.3 is 0 Å². The van der Waals surface area contributed by atoms with Crippen LogP contribution in [0.2, 0.25) is 0 Å². The number of thiazole rings is 1. The zero-order valence-electron chi connectivity index (χ0n) is 14.3. The first-order valence-corrected chi connectivity index (χ1v) is 11.1. The van der Waals surface area contributed by atoms with Crippen LogP contribution in [0.3, 0.4) is 0 Å². The molecule has 0 amide bonds. The van der Waals surface area contributed by atoms with Gasteiger partial charge in [-0.2, -0.15) is 11.8 Å². The molecule has 0 unspecified atom stereocenters. The van der Waals surface area contributed by atoms with Gasteiger partial charge in [0.2, 0.25) is 5.96 Å². The van der Waals surface area contributed by atoms with E-state index in [-0.39, 0.29) is 5.96 Å². The number of hydrogen-bond acceptors (Lipinski definition) is 6. The number of sulfonamides is 1. The van der Waals surface area contributed by atoms with Gasteiger partial charge < -0.3 is 10.2 Å². The molecule has 0 aliphatic heterocycles. The smallest absolute Gasteiger partial charge is 0.253 e. The number of nitrogens with zero attached hydrogens (tertiary/aromatic N) is 3. The van der Waals surface area contributed by atoms with Crippen LogP contribution in [0.4, 0.5) is 0 Å². The van der Waals surface area contributed by atoms with Crippen LogP contribution in [0.5, 0.6) is 0 Å². The third-order valence-corrected chi connectivity index (χ3v) is 4.79. The van der Waals surface area contributed by atoms with Crippen LogP contribution in [0.25, 0.3) is 0 Å². The van der Waals surface area contributed by atoms with Gasteiger partial charge in [0, 0.05) is 36.0 Å². The van der Waals surface area contributed by atoms with Crippen LogP contribution in [-0.2, 0) is 22.3 Å². The molecule has 0 saturated carbocycles. The molecule has 1 aromatic rings. The van der Waals surface area contributed by atoms with Crippen molar-refractivity contribution < 1.29 is 8.42 Å². The number of guanidine groups is 1. The predicted octanol–water partition coefficient (Wildman–Crippen LogP) is 0.914. The molecule has 2 N–H and O–H groups in total. The van der Waals surface area contributed by atoms with E-state index in [1.165, 1.54) is 0 Å². The Morgan fingerprint density at radius 2 is 2.25 bits per heavy atom. The quantitative estimate of drug-likeness (QED) is 0.225. The van der Waals surface area contributed by atoms with Crippen LogP contribution in [0, 0.1) is 12.0 Å². The molecule has 0 spiro atoms. The van der Waals surface area contributed by atoms with Crippen LogP contribution in [-0.4, -0.2) is 56.9 Å². The first kappa shape index (κ1) is 20.8. The largest absolute Gasteiger partial charge is 0.354 e. The summed E-state index contributed by atoms with van der Waals surface area (Å²) >= 11 is 3.39. The van der Waals surface area contributed by atoms with Crippen molar-refractivity contribution in [2.24, 2.45) is 4.40 Å². The molecule has 0 bridgehead atoms. The number of nitrogens with one attached hydrogen (secondary N) is 2. The monoisotopic (exact) mass is 389 g/mol. The van der Waals surface area contributed by atoms with E-state index in [4.69, 9.17) is 0 Å². The Hall–Kier alpha value is -1.28.